The molecular formula is C16H20N2O6. The summed E-state index contributed by atoms with van der Waals surface area (Å²) in [5.41, 5.74) is 0.777. The Kier molecular flexibility index (Phi) is 6.98. The van der Waals surface area contributed by atoms with Crippen LogP contribution in [-0.4, -0.2) is 38.7 Å². The standard InChI is InChI=1S/C16H20N2O6/c1-9-11(14(19)22-3)13(16(21)24-8-6-5-7-17)12(10(2)18-9)15(20)23-4/h13,18H,5-6,8H2,1-4H3. The van der Waals surface area contributed by atoms with Gasteiger partial charge in [0, 0.05) is 17.8 Å². The molecule has 0 amide bonds. The first-order valence-corrected chi connectivity index (χ1v) is 7.27. The van der Waals surface area contributed by atoms with E-state index in [0.29, 0.717) is 17.8 Å². The molecule has 1 rings (SSSR count). The molecule has 0 unspecified atom stereocenters. The molecule has 1 aliphatic rings. The van der Waals surface area contributed by atoms with Crippen LogP contribution in [0.1, 0.15) is 26.7 Å². The topological polar surface area (TPSA) is 115 Å². The van der Waals surface area contributed by atoms with Crippen LogP contribution in [-0.2, 0) is 28.6 Å². The number of nitrogens with one attached hydrogen (secondary N) is 1. The quantitative estimate of drug-likeness (QED) is 0.433. The molecule has 0 spiro atoms. The van der Waals surface area contributed by atoms with Crippen molar-refractivity contribution in [2.45, 2.75) is 26.7 Å². The predicted molar refractivity (Wildman–Crippen MR) is 81.9 cm³/mol. The number of esters is 3. The number of rotatable bonds is 6. The molecule has 0 aromatic carbocycles. The fourth-order valence-corrected chi connectivity index (χ4v) is 2.40. The number of carbonyl (C=O) groups excluding carboxylic acids is 3. The molecule has 0 bridgehead atoms. The van der Waals surface area contributed by atoms with Crippen LogP contribution in [0.5, 0.6) is 0 Å². The fourth-order valence-electron chi connectivity index (χ4n) is 2.40. The Hall–Kier alpha value is -2.82. The van der Waals surface area contributed by atoms with Crippen LogP contribution in [0.15, 0.2) is 22.5 Å². The number of ether oxygens (including phenoxy) is 3. The van der Waals surface area contributed by atoms with Gasteiger partial charge in [-0.2, -0.15) is 5.26 Å². The summed E-state index contributed by atoms with van der Waals surface area (Å²) in [4.78, 5) is 36.7. The lowest BCUT2D eigenvalue weighted by Gasteiger charge is -2.28. The zero-order valence-corrected chi connectivity index (χ0v) is 14.1. The van der Waals surface area contributed by atoms with Gasteiger partial charge in [0.15, 0.2) is 0 Å². The van der Waals surface area contributed by atoms with Crippen LogP contribution in [0.2, 0.25) is 0 Å². The van der Waals surface area contributed by atoms with Crippen LogP contribution in [0.25, 0.3) is 0 Å². The smallest absolute Gasteiger partial charge is 0.336 e. The maximum atomic E-state index is 12.5. The number of hydrogen-bond acceptors (Lipinski definition) is 8. The van der Waals surface area contributed by atoms with E-state index in [4.69, 9.17) is 19.5 Å². The molecular weight excluding hydrogens is 316 g/mol. The Balaban J connectivity index is 3.22. The minimum atomic E-state index is -1.24. The summed E-state index contributed by atoms with van der Waals surface area (Å²) in [6.07, 6.45) is 0.594. The molecule has 0 saturated heterocycles. The first-order chi connectivity index (χ1) is 11.4. The number of nitrogens with zero attached hydrogens (tertiary/aromatic N) is 1. The molecule has 0 aromatic heterocycles. The minimum absolute atomic E-state index is 0.00576. The molecule has 1 aliphatic heterocycles. The Labute approximate surface area is 140 Å². The molecule has 1 heterocycles. The van der Waals surface area contributed by atoms with E-state index >= 15 is 0 Å². The number of nitriles is 1. The molecule has 8 heteroatoms. The third kappa shape index (κ3) is 4.13. The maximum absolute atomic E-state index is 12.5. The second-order valence-corrected chi connectivity index (χ2v) is 5.05. The summed E-state index contributed by atoms with van der Waals surface area (Å²) in [5, 5.41) is 11.4. The highest BCUT2D eigenvalue weighted by molar-refractivity contribution is 6.05. The van der Waals surface area contributed by atoms with Crippen LogP contribution in [0.3, 0.4) is 0 Å². The van der Waals surface area contributed by atoms with E-state index < -0.39 is 23.8 Å². The van der Waals surface area contributed by atoms with Gasteiger partial charge in [-0.15, -0.1) is 0 Å². The Morgan fingerprint density at radius 1 is 1.08 bits per heavy atom. The van der Waals surface area contributed by atoms with Gasteiger partial charge in [-0.1, -0.05) is 0 Å². The summed E-state index contributed by atoms with van der Waals surface area (Å²) >= 11 is 0. The maximum Gasteiger partial charge on any atom is 0.336 e. The van der Waals surface area contributed by atoms with E-state index in [1.807, 2.05) is 6.07 Å². The van der Waals surface area contributed by atoms with Crippen molar-refractivity contribution in [2.24, 2.45) is 5.92 Å². The lowest BCUT2D eigenvalue weighted by Crippen LogP contribution is -2.38. The normalized spacial score (nSPS) is 14.6. The lowest BCUT2D eigenvalue weighted by atomic mass is 9.85. The van der Waals surface area contributed by atoms with Crippen LogP contribution >= 0.6 is 0 Å². The molecule has 0 aliphatic carbocycles. The van der Waals surface area contributed by atoms with Crippen LogP contribution < -0.4 is 5.32 Å². The fraction of sp³-hybridized carbons (Fsp3) is 0.500. The molecule has 24 heavy (non-hydrogen) atoms. The van der Waals surface area contributed by atoms with Crippen molar-refractivity contribution in [3.8, 4) is 6.07 Å². The number of dihydropyridines is 1. The van der Waals surface area contributed by atoms with Gasteiger partial charge in [-0.25, -0.2) is 9.59 Å². The summed E-state index contributed by atoms with van der Waals surface area (Å²) in [5.74, 6) is -3.50. The van der Waals surface area contributed by atoms with Gasteiger partial charge in [-0.05, 0) is 20.3 Å². The van der Waals surface area contributed by atoms with Crippen molar-refractivity contribution in [2.75, 3.05) is 20.8 Å². The van der Waals surface area contributed by atoms with Crippen molar-refractivity contribution >= 4 is 17.9 Å². The van der Waals surface area contributed by atoms with Crippen molar-refractivity contribution in [1.29, 1.82) is 5.26 Å². The zero-order valence-electron chi connectivity index (χ0n) is 14.1. The third-order valence-corrected chi connectivity index (χ3v) is 3.48. The predicted octanol–water partition coefficient (Wildman–Crippen LogP) is 0.947. The SMILES string of the molecule is COC(=O)C1=C(C)NC(C)=C(C(=O)OC)C1C(=O)OCCCC#N. The second kappa shape index (κ2) is 8.72. The summed E-state index contributed by atoms with van der Waals surface area (Å²) in [6, 6.07) is 1.94. The van der Waals surface area contributed by atoms with Crippen molar-refractivity contribution in [3.05, 3.63) is 22.5 Å². The molecule has 0 fully saturated rings. The van der Waals surface area contributed by atoms with Gasteiger partial charge >= 0.3 is 17.9 Å². The molecule has 0 radical (unpaired) electrons. The van der Waals surface area contributed by atoms with E-state index in [2.05, 4.69) is 5.32 Å². The number of unbranched alkanes of at least 4 members (excludes halogenated alkanes) is 1. The average molecular weight is 336 g/mol. The highest BCUT2D eigenvalue weighted by atomic mass is 16.5. The highest BCUT2D eigenvalue weighted by Gasteiger charge is 2.42. The van der Waals surface area contributed by atoms with E-state index in [1.165, 1.54) is 14.2 Å². The van der Waals surface area contributed by atoms with Gasteiger partial charge in [0.2, 0.25) is 0 Å². The molecule has 1 N–H and O–H groups in total. The van der Waals surface area contributed by atoms with Crippen LogP contribution in [0.4, 0.5) is 0 Å². The van der Waals surface area contributed by atoms with Gasteiger partial charge in [-0.3, -0.25) is 4.79 Å². The number of carbonyl (C=O) groups is 3. The summed E-state index contributed by atoms with van der Waals surface area (Å²) < 4.78 is 14.6. The summed E-state index contributed by atoms with van der Waals surface area (Å²) in [7, 11) is 2.36. The Bertz CT molecular complexity index is 603. The monoisotopic (exact) mass is 336 g/mol. The number of hydrogen-bond donors (Lipinski definition) is 1. The van der Waals surface area contributed by atoms with Crippen molar-refractivity contribution in [3.63, 3.8) is 0 Å². The number of allylic oxidation sites excluding steroid dienone is 2. The lowest BCUT2D eigenvalue weighted by molar-refractivity contribution is -0.151. The van der Waals surface area contributed by atoms with E-state index in [1.54, 1.807) is 13.8 Å². The number of methoxy groups -OCH3 is 2. The molecule has 130 valence electrons. The van der Waals surface area contributed by atoms with E-state index in [-0.39, 0.29) is 24.2 Å². The highest BCUT2D eigenvalue weighted by Crippen LogP contribution is 2.32. The summed E-state index contributed by atoms with van der Waals surface area (Å²) in [6.45, 7) is 3.21. The third-order valence-electron chi connectivity index (χ3n) is 3.48. The van der Waals surface area contributed by atoms with Gasteiger partial charge in [0.25, 0.3) is 0 Å². The average Bonchev–Trinajstić information content (AvgIpc) is 2.56. The van der Waals surface area contributed by atoms with Crippen molar-refractivity contribution in [1.82, 2.24) is 5.32 Å². The first kappa shape index (κ1) is 19.2. The van der Waals surface area contributed by atoms with Gasteiger partial charge < -0.3 is 19.5 Å². The zero-order chi connectivity index (χ0) is 18.3. The Morgan fingerprint density at radius 2 is 1.58 bits per heavy atom. The molecule has 8 nitrogen and oxygen atoms in total. The van der Waals surface area contributed by atoms with Gasteiger partial charge in [0.05, 0.1) is 38.0 Å². The minimum Gasteiger partial charge on any atom is -0.466 e. The van der Waals surface area contributed by atoms with E-state index in [9.17, 15) is 14.4 Å². The molecule has 0 saturated carbocycles. The second-order valence-electron chi connectivity index (χ2n) is 5.05. The van der Waals surface area contributed by atoms with Gasteiger partial charge in [0.1, 0.15) is 5.92 Å². The largest absolute Gasteiger partial charge is 0.466 e. The molecule has 0 atom stereocenters. The van der Waals surface area contributed by atoms with Crippen LogP contribution in [0, 0.1) is 17.2 Å². The molecule has 0 aromatic rings. The first-order valence-electron chi connectivity index (χ1n) is 7.27. The van der Waals surface area contributed by atoms with Crippen molar-refractivity contribution < 1.29 is 28.6 Å². The van der Waals surface area contributed by atoms with E-state index in [0.717, 1.165) is 0 Å². The Morgan fingerprint density at radius 3 is 2.00 bits per heavy atom.